The number of rotatable bonds is 8. The monoisotopic (exact) mass is 460 g/mol. The number of aliphatic hydroxyl groups is 1. The maximum Gasteiger partial charge on any atom is 0.347 e. The van der Waals surface area contributed by atoms with E-state index in [4.69, 9.17) is 4.74 Å². The van der Waals surface area contributed by atoms with E-state index in [0.717, 1.165) is 19.4 Å². The van der Waals surface area contributed by atoms with Gasteiger partial charge < -0.3 is 20.5 Å². The summed E-state index contributed by atoms with van der Waals surface area (Å²) in [4.78, 5) is 34.5. The molecule has 1 fully saturated rings. The van der Waals surface area contributed by atoms with Crippen molar-refractivity contribution in [1.82, 2.24) is 15.3 Å². The molecule has 3 aromatic rings. The quantitative estimate of drug-likeness (QED) is 0.443. The van der Waals surface area contributed by atoms with Crippen molar-refractivity contribution in [2.45, 2.75) is 18.4 Å². The fourth-order valence-electron chi connectivity index (χ4n) is 4.26. The van der Waals surface area contributed by atoms with Crippen LogP contribution >= 0.6 is 0 Å². The Balaban J connectivity index is 1.56. The number of carbonyl (C=O) groups is 2. The lowest BCUT2D eigenvalue weighted by Crippen LogP contribution is -2.44. The van der Waals surface area contributed by atoms with Crippen molar-refractivity contribution in [2.75, 3.05) is 25.0 Å². The lowest BCUT2D eigenvalue weighted by Gasteiger charge is -2.31. The Kier molecular flexibility index (Phi) is 7.61. The molecule has 1 aliphatic rings. The number of ether oxygens (including phenoxy) is 1. The molecule has 2 aromatic carbocycles. The maximum absolute atomic E-state index is 13.4. The van der Waals surface area contributed by atoms with E-state index in [-0.39, 0.29) is 18.4 Å². The van der Waals surface area contributed by atoms with Crippen LogP contribution in [0.3, 0.4) is 0 Å². The van der Waals surface area contributed by atoms with E-state index in [1.54, 1.807) is 60.8 Å². The number of amides is 1. The molecule has 1 aliphatic heterocycles. The average molecular weight is 461 g/mol. The summed E-state index contributed by atoms with van der Waals surface area (Å²) in [5.41, 5.74) is -1.21. The summed E-state index contributed by atoms with van der Waals surface area (Å²) >= 11 is 0. The first-order chi connectivity index (χ1) is 16.6. The number of aromatic nitrogens is 2. The molecule has 2 atom stereocenters. The van der Waals surface area contributed by atoms with Crippen molar-refractivity contribution in [3.05, 3.63) is 90.4 Å². The van der Waals surface area contributed by atoms with E-state index in [0.29, 0.717) is 23.5 Å². The van der Waals surface area contributed by atoms with E-state index in [1.165, 1.54) is 6.33 Å². The molecular formula is C26H28N4O4. The molecule has 176 valence electrons. The smallest absolute Gasteiger partial charge is 0.347 e. The van der Waals surface area contributed by atoms with Crippen LogP contribution in [0.15, 0.2) is 79.3 Å². The standard InChI is InChI=1S/C26H28N4O4/c31-24(30-23-13-15-28-18-29-23)22(19-8-7-14-27-16-19)17-34-25(32)26(33,20-9-3-1-4-10-20)21-11-5-2-6-12-21/h1-6,9-13,15,18-19,22,27,33H,7-8,14,16-17H2,(H,28,29,30,31)/t19-,22?/m0/s1. The van der Waals surface area contributed by atoms with Crippen molar-refractivity contribution in [3.8, 4) is 0 Å². The summed E-state index contributed by atoms with van der Waals surface area (Å²) in [6.45, 7) is 1.36. The molecule has 2 heterocycles. The molecule has 1 saturated heterocycles. The van der Waals surface area contributed by atoms with Crippen molar-refractivity contribution < 1.29 is 19.4 Å². The summed E-state index contributed by atoms with van der Waals surface area (Å²) in [7, 11) is 0. The highest BCUT2D eigenvalue weighted by Gasteiger charge is 2.42. The number of piperidine rings is 1. The minimum Gasteiger partial charge on any atom is -0.462 e. The van der Waals surface area contributed by atoms with Gasteiger partial charge in [0, 0.05) is 6.20 Å². The molecule has 4 rings (SSSR count). The number of esters is 1. The molecule has 8 nitrogen and oxygen atoms in total. The zero-order valence-corrected chi connectivity index (χ0v) is 18.8. The molecule has 3 N–H and O–H groups in total. The largest absolute Gasteiger partial charge is 0.462 e. The Morgan fingerprint density at radius 1 is 1.09 bits per heavy atom. The van der Waals surface area contributed by atoms with E-state index < -0.39 is 17.5 Å². The second kappa shape index (κ2) is 11.0. The molecule has 1 amide bonds. The van der Waals surface area contributed by atoms with Gasteiger partial charge in [0.05, 0.1) is 5.92 Å². The molecule has 0 aliphatic carbocycles. The first kappa shape index (κ1) is 23.5. The van der Waals surface area contributed by atoms with Crippen LogP contribution in [0.25, 0.3) is 0 Å². The van der Waals surface area contributed by atoms with Gasteiger partial charge in [0.25, 0.3) is 0 Å². The number of hydrogen-bond acceptors (Lipinski definition) is 7. The number of carbonyl (C=O) groups excluding carboxylic acids is 2. The summed E-state index contributed by atoms with van der Waals surface area (Å²) in [6.07, 6.45) is 4.65. The second-order valence-electron chi connectivity index (χ2n) is 8.34. The van der Waals surface area contributed by atoms with Crippen LogP contribution in [0.5, 0.6) is 0 Å². The van der Waals surface area contributed by atoms with Crippen LogP contribution in [-0.2, 0) is 19.9 Å². The second-order valence-corrected chi connectivity index (χ2v) is 8.34. The Bertz CT molecular complexity index is 1030. The lowest BCUT2D eigenvalue weighted by molar-refractivity contribution is -0.164. The van der Waals surface area contributed by atoms with Gasteiger partial charge in [0.2, 0.25) is 11.5 Å². The van der Waals surface area contributed by atoms with Crippen LogP contribution in [0.4, 0.5) is 5.82 Å². The highest BCUT2D eigenvalue weighted by molar-refractivity contribution is 5.92. The molecule has 8 heteroatoms. The topological polar surface area (TPSA) is 113 Å². The Morgan fingerprint density at radius 3 is 2.32 bits per heavy atom. The van der Waals surface area contributed by atoms with Crippen molar-refractivity contribution in [2.24, 2.45) is 11.8 Å². The van der Waals surface area contributed by atoms with E-state index >= 15 is 0 Å². The van der Waals surface area contributed by atoms with Gasteiger partial charge in [-0.25, -0.2) is 14.8 Å². The van der Waals surface area contributed by atoms with Crippen molar-refractivity contribution >= 4 is 17.7 Å². The minimum atomic E-state index is -2.00. The van der Waals surface area contributed by atoms with Crippen molar-refractivity contribution in [1.29, 1.82) is 0 Å². The zero-order valence-electron chi connectivity index (χ0n) is 18.8. The van der Waals surface area contributed by atoms with E-state index in [1.807, 2.05) is 12.1 Å². The molecule has 0 saturated carbocycles. The Morgan fingerprint density at radius 2 is 1.76 bits per heavy atom. The summed E-state index contributed by atoms with van der Waals surface area (Å²) in [6, 6.07) is 18.9. The number of nitrogens with one attached hydrogen (secondary N) is 2. The third-order valence-electron chi connectivity index (χ3n) is 6.15. The third kappa shape index (κ3) is 5.30. The molecule has 0 radical (unpaired) electrons. The highest BCUT2D eigenvalue weighted by atomic mass is 16.5. The fourth-order valence-corrected chi connectivity index (χ4v) is 4.26. The van der Waals surface area contributed by atoms with Gasteiger partial charge in [-0.05, 0) is 49.0 Å². The molecule has 0 spiro atoms. The lowest BCUT2D eigenvalue weighted by atomic mass is 9.85. The van der Waals surface area contributed by atoms with Gasteiger partial charge in [-0.2, -0.15) is 0 Å². The predicted molar refractivity (Wildman–Crippen MR) is 127 cm³/mol. The first-order valence-electron chi connectivity index (χ1n) is 11.4. The average Bonchev–Trinajstić information content (AvgIpc) is 2.90. The first-order valence-corrected chi connectivity index (χ1v) is 11.4. The molecule has 0 bridgehead atoms. The number of anilines is 1. The molecule has 34 heavy (non-hydrogen) atoms. The van der Waals surface area contributed by atoms with Gasteiger partial charge in [-0.3, -0.25) is 4.79 Å². The summed E-state index contributed by atoms with van der Waals surface area (Å²) in [5.74, 6) is -1.37. The SMILES string of the molecule is O=C(Nc1ccncn1)C(COC(=O)C(O)(c1ccccc1)c1ccccc1)[C@H]1CCCNC1. The van der Waals surface area contributed by atoms with Crippen LogP contribution in [0.1, 0.15) is 24.0 Å². The maximum atomic E-state index is 13.4. The summed E-state index contributed by atoms with van der Waals surface area (Å²) < 4.78 is 5.68. The van der Waals surface area contributed by atoms with Crippen LogP contribution in [-0.4, -0.2) is 46.6 Å². The minimum absolute atomic E-state index is 0.0232. The Labute approximate surface area is 198 Å². The molecule has 1 aromatic heterocycles. The zero-order chi connectivity index (χ0) is 23.8. The molecule has 1 unspecified atom stereocenters. The molecular weight excluding hydrogens is 432 g/mol. The number of nitrogens with zero attached hydrogens (tertiary/aromatic N) is 2. The van der Waals surface area contributed by atoms with Crippen molar-refractivity contribution in [3.63, 3.8) is 0 Å². The number of hydrogen-bond donors (Lipinski definition) is 3. The van der Waals surface area contributed by atoms with Gasteiger partial charge >= 0.3 is 5.97 Å². The predicted octanol–water partition coefficient (Wildman–Crippen LogP) is 2.51. The fraction of sp³-hybridized carbons (Fsp3) is 0.308. The van der Waals surface area contributed by atoms with Crippen LogP contribution in [0.2, 0.25) is 0 Å². The van der Waals surface area contributed by atoms with Gasteiger partial charge in [0.15, 0.2) is 0 Å². The highest BCUT2D eigenvalue weighted by Crippen LogP contribution is 2.32. The Hall–Kier alpha value is -3.62. The summed E-state index contributed by atoms with van der Waals surface area (Å²) in [5, 5.41) is 17.7. The van der Waals surface area contributed by atoms with E-state index in [2.05, 4.69) is 20.6 Å². The van der Waals surface area contributed by atoms with E-state index in [9.17, 15) is 14.7 Å². The van der Waals surface area contributed by atoms with Gasteiger partial charge in [-0.15, -0.1) is 0 Å². The van der Waals surface area contributed by atoms with Gasteiger partial charge in [0.1, 0.15) is 18.8 Å². The van der Waals surface area contributed by atoms with Crippen LogP contribution < -0.4 is 10.6 Å². The third-order valence-corrected chi connectivity index (χ3v) is 6.15. The van der Waals surface area contributed by atoms with Crippen LogP contribution in [0, 0.1) is 11.8 Å². The number of benzene rings is 2. The normalized spacial score (nSPS) is 16.9. The van der Waals surface area contributed by atoms with Gasteiger partial charge in [-0.1, -0.05) is 60.7 Å².